The molecule has 1 aromatic heterocycles. The van der Waals surface area contributed by atoms with Crippen molar-refractivity contribution in [3.8, 4) is 5.88 Å². The predicted molar refractivity (Wildman–Crippen MR) is 91.7 cm³/mol. The molecular weight excluding hydrogens is 290 g/mol. The van der Waals surface area contributed by atoms with Crippen LogP contribution in [0.3, 0.4) is 0 Å². The third-order valence-corrected chi connectivity index (χ3v) is 4.17. The number of nitrogens with zero attached hydrogens (tertiary/aromatic N) is 2. The van der Waals surface area contributed by atoms with E-state index in [0.717, 1.165) is 24.8 Å². The maximum absolute atomic E-state index is 12.1. The van der Waals surface area contributed by atoms with E-state index < -0.39 is 0 Å². The summed E-state index contributed by atoms with van der Waals surface area (Å²) < 4.78 is 5.32. The number of pyridine rings is 1. The Morgan fingerprint density at radius 3 is 2.83 bits per heavy atom. The van der Waals surface area contributed by atoms with E-state index in [2.05, 4.69) is 29.0 Å². The fourth-order valence-electron chi connectivity index (χ4n) is 3.36. The average Bonchev–Trinajstić information content (AvgIpc) is 2.51. The Balaban J connectivity index is 1.71. The molecule has 1 aliphatic heterocycles. The first kappa shape index (κ1) is 17.7. The molecule has 2 rings (SSSR count). The number of likely N-dealkylation sites (tertiary alicyclic amines) is 1. The number of hydrogen-bond acceptors (Lipinski definition) is 4. The summed E-state index contributed by atoms with van der Waals surface area (Å²) in [6.07, 6.45) is 3.92. The first-order chi connectivity index (χ1) is 11.1. The minimum absolute atomic E-state index is 0.0614. The van der Waals surface area contributed by atoms with E-state index in [1.165, 1.54) is 19.5 Å². The molecule has 0 aromatic carbocycles. The summed E-state index contributed by atoms with van der Waals surface area (Å²) in [5.74, 6) is 1.99. The van der Waals surface area contributed by atoms with E-state index in [4.69, 9.17) is 4.74 Å². The van der Waals surface area contributed by atoms with Gasteiger partial charge in [0, 0.05) is 37.5 Å². The lowest BCUT2D eigenvalue weighted by molar-refractivity contribution is 0.0946. The van der Waals surface area contributed by atoms with Crippen LogP contribution in [0.4, 0.5) is 0 Å². The second-order valence-corrected chi connectivity index (χ2v) is 6.63. The molecule has 0 spiro atoms. The molecule has 2 heterocycles. The standard InChI is InChI=1S/C18H29N3O2/c1-4-23-17-11-16(6-8-19-17)18(22)20-7-5-9-21-12-14(2)10-15(3)13-21/h6,8,11,14-15H,4-5,7,9-10,12-13H2,1-3H3,(H,20,22). The van der Waals surface area contributed by atoms with E-state index in [9.17, 15) is 4.79 Å². The largest absolute Gasteiger partial charge is 0.478 e. The van der Waals surface area contributed by atoms with Gasteiger partial charge in [-0.3, -0.25) is 4.79 Å². The maximum atomic E-state index is 12.1. The number of piperidine rings is 1. The van der Waals surface area contributed by atoms with Gasteiger partial charge in [-0.15, -0.1) is 0 Å². The third kappa shape index (κ3) is 5.82. The lowest BCUT2D eigenvalue weighted by Gasteiger charge is -2.34. The van der Waals surface area contributed by atoms with Crippen molar-refractivity contribution in [2.75, 3.05) is 32.8 Å². The van der Waals surface area contributed by atoms with Gasteiger partial charge in [0.05, 0.1) is 6.61 Å². The number of nitrogens with one attached hydrogen (secondary N) is 1. The molecule has 2 atom stereocenters. The molecule has 1 fully saturated rings. The molecule has 1 aliphatic rings. The van der Waals surface area contributed by atoms with Gasteiger partial charge >= 0.3 is 0 Å². The number of amides is 1. The van der Waals surface area contributed by atoms with Crippen molar-refractivity contribution in [2.24, 2.45) is 11.8 Å². The normalized spacial score (nSPS) is 21.9. The van der Waals surface area contributed by atoms with Crippen LogP contribution in [-0.4, -0.2) is 48.6 Å². The Bertz CT molecular complexity index is 497. The topological polar surface area (TPSA) is 54.5 Å². The SMILES string of the molecule is CCOc1cc(C(=O)NCCCN2CC(C)CC(C)C2)ccn1. The highest BCUT2D eigenvalue weighted by molar-refractivity contribution is 5.94. The number of aromatic nitrogens is 1. The second kappa shape index (κ2) is 8.87. The summed E-state index contributed by atoms with van der Waals surface area (Å²) in [5.41, 5.74) is 0.601. The van der Waals surface area contributed by atoms with Crippen molar-refractivity contribution in [2.45, 2.75) is 33.6 Å². The van der Waals surface area contributed by atoms with Gasteiger partial charge in [-0.2, -0.15) is 0 Å². The first-order valence-corrected chi connectivity index (χ1v) is 8.68. The molecule has 0 aliphatic carbocycles. The van der Waals surface area contributed by atoms with Crippen molar-refractivity contribution in [3.63, 3.8) is 0 Å². The lowest BCUT2D eigenvalue weighted by atomic mass is 9.92. The van der Waals surface area contributed by atoms with E-state index in [0.29, 0.717) is 24.6 Å². The molecule has 0 bridgehead atoms. The smallest absolute Gasteiger partial charge is 0.251 e. The Labute approximate surface area is 139 Å². The van der Waals surface area contributed by atoms with Gasteiger partial charge in [0.1, 0.15) is 0 Å². The highest BCUT2D eigenvalue weighted by Gasteiger charge is 2.21. The van der Waals surface area contributed by atoms with Gasteiger partial charge in [0.25, 0.3) is 5.91 Å². The summed E-state index contributed by atoms with van der Waals surface area (Å²) in [7, 11) is 0. The van der Waals surface area contributed by atoms with E-state index >= 15 is 0 Å². The fourth-order valence-corrected chi connectivity index (χ4v) is 3.36. The van der Waals surface area contributed by atoms with E-state index in [1.54, 1.807) is 18.3 Å². The molecular formula is C18H29N3O2. The van der Waals surface area contributed by atoms with Crippen molar-refractivity contribution in [1.29, 1.82) is 0 Å². The summed E-state index contributed by atoms with van der Waals surface area (Å²) >= 11 is 0. The zero-order valence-electron chi connectivity index (χ0n) is 14.5. The van der Waals surface area contributed by atoms with Gasteiger partial charge < -0.3 is 15.0 Å². The molecule has 0 radical (unpaired) electrons. The number of carbonyl (C=O) groups is 1. The Morgan fingerprint density at radius 2 is 2.13 bits per heavy atom. The van der Waals surface area contributed by atoms with Crippen LogP contribution < -0.4 is 10.1 Å². The zero-order valence-corrected chi connectivity index (χ0v) is 14.5. The minimum Gasteiger partial charge on any atom is -0.478 e. The highest BCUT2D eigenvalue weighted by atomic mass is 16.5. The monoisotopic (exact) mass is 319 g/mol. The molecule has 23 heavy (non-hydrogen) atoms. The van der Waals surface area contributed by atoms with Gasteiger partial charge in [0.15, 0.2) is 0 Å². The minimum atomic E-state index is -0.0614. The molecule has 0 saturated carbocycles. The predicted octanol–water partition coefficient (Wildman–Crippen LogP) is 2.58. The molecule has 1 amide bonds. The molecule has 5 nitrogen and oxygen atoms in total. The van der Waals surface area contributed by atoms with E-state index in [1.807, 2.05) is 6.92 Å². The Morgan fingerprint density at radius 1 is 1.39 bits per heavy atom. The highest BCUT2D eigenvalue weighted by Crippen LogP contribution is 2.20. The summed E-state index contributed by atoms with van der Waals surface area (Å²) in [6, 6.07) is 3.40. The van der Waals surface area contributed by atoms with Crippen LogP contribution in [0.25, 0.3) is 0 Å². The fraction of sp³-hybridized carbons (Fsp3) is 0.667. The number of hydrogen-bond donors (Lipinski definition) is 1. The average molecular weight is 319 g/mol. The Hall–Kier alpha value is -1.62. The summed E-state index contributed by atoms with van der Waals surface area (Å²) in [4.78, 5) is 18.7. The number of rotatable bonds is 7. The molecule has 1 N–H and O–H groups in total. The van der Waals surface area contributed by atoms with Crippen LogP contribution in [-0.2, 0) is 0 Å². The van der Waals surface area contributed by atoms with Crippen LogP contribution >= 0.6 is 0 Å². The summed E-state index contributed by atoms with van der Waals surface area (Å²) in [6.45, 7) is 11.2. The van der Waals surface area contributed by atoms with Gasteiger partial charge in [-0.05, 0) is 44.2 Å². The Kier molecular flexibility index (Phi) is 6.84. The van der Waals surface area contributed by atoms with Crippen molar-refractivity contribution in [3.05, 3.63) is 23.9 Å². The molecule has 1 aromatic rings. The van der Waals surface area contributed by atoms with Crippen molar-refractivity contribution < 1.29 is 9.53 Å². The lowest BCUT2D eigenvalue weighted by Crippen LogP contribution is -2.40. The number of ether oxygens (including phenoxy) is 1. The van der Waals surface area contributed by atoms with Gasteiger partial charge in [0.2, 0.25) is 5.88 Å². The van der Waals surface area contributed by atoms with Gasteiger partial charge in [-0.25, -0.2) is 4.98 Å². The molecule has 128 valence electrons. The molecule has 5 heteroatoms. The maximum Gasteiger partial charge on any atom is 0.251 e. The van der Waals surface area contributed by atoms with Crippen LogP contribution in [0.1, 0.15) is 44.0 Å². The first-order valence-electron chi connectivity index (χ1n) is 8.68. The van der Waals surface area contributed by atoms with Crippen molar-refractivity contribution in [1.82, 2.24) is 15.2 Å². The molecule has 2 unspecified atom stereocenters. The van der Waals surface area contributed by atoms with Gasteiger partial charge in [-0.1, -0.05) is 13.8 Å². The van der Waals surface area contributed by atoms with Crippen LogP contribution in [0.2, 0.25) is 0 Å². The number of carbonyl (C=O) groups excluding carboxylic acids is 1. The van der Waals surface area contributed by atoms with Crippen LogP contribution in [0, 0.1) is 11.8 Å². The zero-order chi connectivity index (χ0) is 16.7. The van der Waals surface area contributed by atoms with E-state index in [-0.39, 0.29) is 5.91 Å². The van der Waals surface area contributed by atoms with Crippen LogP contribution in [0.5, 0.6) is 5.88 Å². The summed E-state index contributed by atoms with van der Waals surface area (Å²) in [5, 5.41) is 2.98. The third-order valence-electron chi connectivity index (χ3n) is 4.17. The second-order valence-electron chi connectivity index (χ2n) is 6.63. The van der Waals surface area contributed by atoms with Crippen LogP contribution in [0.15, 0.2) is 18.3 Å². The quantitative estimate of drug-likeness (QED) is 0.785. The molecule has 1 saturated heterocycles. The van der Waals surface area contributed by atoms with Crippen molar-refractivity contribution >= 4 is 5.91 Å².